The number of nitrogens with zero attached hydrogens (tertiary/aromatic N) is 3. The van der Waals surface area contributed by atoms with Gasteiger partial charge in [0, 0.05) is 7.11 Å². The number of carbonyl (C=O) groups excluding carboxylic acids is 1. The van der Waals surface area contributed by atoms with Gasteiger partial charge >= 0.3 is 5.97 Å². The van der Waals surface area contributed by atoms with E-state index in [0.29, 0.717) is 0 Å². The summed E-state index contributed by atoms with van der Waals surface area (Å²) >= 11 is 0. The summed E-state index contributed by atoms with van der Waals surface area (Å²) in [4.78, 5) is 11.4. The van der Waals surface area contributed by atoms with E-state index in [1.165, 1.54) is 7.11 Å². The van der Waals surface area contributed by atoms with Crippen LogP contribution in [0.5, 0.6) is 0 Å². The van der Waals surface area contributed by atoms with Crippen LogP contribution < -0.4 is 0 Å². The fourth-order valence-corrected chi connectivity index (χ4v) is 1.22. The zero-order valence-corrected chi connectivity index (χ0v) is 9.52. The van der Waals surface area contributed by atoms with Gasteiger partial charge in [0.25, 0.3) is 6.43 Å². The Morgan fingerprint density at radius 1 is 1.53 bits per heavy atom. The minimum atomic E-state index is -2.85. The number of halogens is 2. The fraction of sp³-hybridized carbons (Fsp3) is 0.667. The summed E-state index contributed by atoms with van der Waals surface area (Å²) < 4.78 is 35.9. The molecule has 0 spiro atoms. The summed E-state index contributed by atoms with van der Waals surface area (Å²) in [5.41, 5.74) is -0.988. The molecule has 0 atom stereocenters. The lowest BCUT2D eigenvalue weighted by Crippen LogP contribution is -2.13. The number of alkyl halides is 2. The molecule has 0 aromatic carbocycles. The largest absolute Gasteiger partial charge is 0.461 e. The van der Waals surface area contributed by atoms with Gasteiger partial charge in [-0.1, -0.05) is 5.21 Å². The highest BCUT2D eigenvalue weighted by Gasteiger charge is 2.27. The topological polar surface area (TPSA) is 66.2 Å². The van der Waals surface area contributed by atoms with Crippen LogP contribution in [0, 0.1) is 0 Å². The van der Waals surface area contributed by atoms with Gasteiger partial charge in [-0.25, -0.2) is 18.3 Å². The van der Waals surface area contributed by atoms with Crippen molar-refractivity contribution >= 4 is 5.97 Å². The molecule has 0 radical (unpaired) electrons. The van der Waals surface area contributed by atoms with Crippen LogP contribution in [-0.4, -0.2) is 41.3 Å². The Morgan fingerprint density at radius 3 is 2.76 bits per heavy atom. The van der Waals surface area contributed by atoms with Crippen molar-refractivity contribution in [2.75, 3.05) is 20.3 Å². The van der Waals surface area contributed by atoms with E-state index < -0.39 is 23.8 Å². The molecule has 0 bridgehead atoms. The number of esters is 1. The molecule has 0 N–H and O–H groups in total. The van der Waals surface area contributed by atoms with Gasteiger partial charge in [0.05, 0.1) is 19.8 Å². The molecule has 1 rings (SSSR count). The van der Waals surface area contributed by atoms with Crippen molar-refractivity contribution in [3.05, 3.63) is 11.4 Å². The lowest BCUT2D eigenvalue weighted by atomic mass is 10.3. The van der Waals surface area contributed by atoms with Gasteiger partial charge in [-0.2, -0.15) is 0 Å². The second-order valence-corrected chi connectivity index (χ2v) is 3.06. The molecule has 6 nitrogen and oxygen atoms in total. The normalized spacial score (nSPS) is 10.9. The molecule has 8 heteroatoms. The highest BCUT2D eigenvalue weighted by atomic mass is 19.3. The SMILES string of the molecule is CCOC(=O)c1nnn(CCOC)c1C(F)F. The van der Waals surface area contributed by atoms with Crippen LogP contribution in [0.2, 0.25) is 0 Å². The third-order valence-electron chi connectivity index (χ3n) is 1.96. The standard InChI is InChI=1S/C9H13F2N3O3/c1-3-17-9(15)6-7(8(10)11)14(13-12-6)4-5-16-2/h8H,3-5H2,1-2H3. The van der Waals surface area contributed by atoms with Crippen molar-refractivity contribution in [3.63, 3.8) is 0 Å². The second kappa shape index (κ2) is 6.24. The number of hydrogen-bond acceptors (Lipinski definition) is 5. The molecule has 0 saturated heterocycles. The van der Waals surface area contributed by atoms with Crippen LogP contribution in [0.25, 0.3) is 0 Å². The molecule has 0 aliphatic heterocycles. The quantitative estimate of drug-likeness (QED) is 0.705. The van der Waals surface area contributed by atoms with E-state index in [4.69, 9.17) is 4.74 Å². The van der Waals surface area contributed by atoms with Gasteiger partial charge < -0.3 is 9.47 Å². The Bertz CT molecular complexity index is 382. The summed E-state index contributed by atoms with van der Waals surface area (Å²) in [6.07, 6.45) is -2.85. The van der Waals surface area contributed by atoms with E-state index in [1.807, 2.05) is 0 Å². The lowest BCUT2D eigenvalue weighted by molar-refractivity contribution is 0.0506. The molecular formula is C9H13F2N3O3. The summed E-state index contributed by atoms with van der Waals surface area (Å²) in [6, 6.07) is 0. The molecule has 17 heavy (non-hydrogen) atoms. The van der Waals surface area contributed by atoms with Gasteiger partial charge in [-0.05, 0) is 6.92 Å². The Labute approximate surface area is 96.5 Å². The van der Waals surface area contributed by atoms with Crippen molar-refractivity contribution < 1.29 is 23.0 Å². The molecule has 0 aliphatic carbocycles. The Kier molecular flexibility index (Phi) is 4.95. The third kappa shape index (κ3) is 3.19. The second-order valence-electron chi connectivity index (χ2n) is 3.06. The number of carbonyl (C=O) groups is 1. The average molecular weight is 249 g/mol. The molecule has 0 amide bonds. The van der Waals surface area contributed by atoms with E-state index >= 15 is 0 Å². The van der Waals surface area contributed by atoms with Gasteiger partial charge in [-0.3, -0.25) is 0 Å². The first-order valence-corrected chi connectivity index (χ1v) is 4.99. The predicted molar refractivity (Wildman–Crippen MR) is 52.8 cm³/mol. The fourth-order valence-electron chi connectivity index (χ4n) is 1.22. The van der Waals surface area contributed by atoms with Crippen LogP contribution in [0.3, 0.4) is 0 Å². The maximum atomic E-state index is 12.8. The summed E-state index contributed by atoms with van der Waals surface area (Å²) in [7, 11) is 1.44. The highest BCUT2D eigenvalue weighted by Crippen LogP contribution is 2.21. The minimum absolute atomic E-state index is 0.0897. The number of ether oxygens (including phenoxy) is 2. The van der Waals surface area contributed by atoms with Crippen molar-refractivity contribution in [1.82, 2.24) is 15.0 Å². The smallest absolute Gasteiger partial charge is 0.361 e. The van der Waals surface area contributed by atoms with Gasteiger partial charge in [0.1, 0.15) is 5.69 Å². The van der Waals surface area contributed by atoms with E-state index in [2.05, 4.69) is 15.0 Å². The molecule has 1 aromatic rings. The van der Waals surface area contributed by atoms with E-state index in [0.717, 1.165) is 4.68 Å². The maximum Gasteiger partial charge on any atom is 0.361 e. The lowest BCUT2D eigenvalue weighted by Gasteiger charge is -2.06. The summed E-state index contributed by atoms with van der Waals surface area (Å²) in [6.45, 7) is 1.97. The first kappa shape index (κ1) is 13.5. The Morgan fingerprint density at radius 2 is 2.24 bits per heavy atom. The molecule has 0 saturated carbocycles. The van der Waals surface area contributed by atoms with Crippen molar-refractivity contribution in [1.29, 1.82) is 0 Å². The number of hydrogen-bond donors (Lipinski definition) is 0. The van der Waals surface area contributed by atoms with Crippen LogP contribution in [0.1, 0.15) is 29.5 Å². The first-order chi connectivity index (χ1) is 8.11. The monoisotopic (exact) mass is 249 g/mol. The third-order valence-corrected chi connectivity index (χ3v) is 1.96. The molecule has 0 unspecified atom stereocenters. The summed E-state index contributed by atoms with van der Waals surface area (Å²) in [5.74, 6) is -0.897. The zero-order valence-electron chi connectivity index (χ0n) is 9.52. The molecule has 0 fully saturated rings. The first-order valence-electron chi connectivity index (χ1n) is 4.99. The van der Waals surface area contributed by atoms with Crippen LogP contribution in [0.15, 0.2) is 0 Å². The number of aromatic nitrogens is 3. The van der Waals surface area contributed by atoms with Crippen LogP contribution >= 0.6 is 0 Å². The van der Waals surface area contributed by atoms with Crippen molar-refractivity contribution in [3.8, 4) is 0 Å². The Hall–Kier alpha value is -1.57. The number of methoxy groups -OCH3 is 1. The molecule has 96 valence electrons. The van der Waals surface area contributed by atoms with Crippen LogP contribution in [0.4, 0.5) is 8.78 Å². The van der Waals surface area contributed by atoms with Crippen molar-refractivity contribution in [2.45, 2.75) is 19.9 Å². The van der Waals surface area contributed by atoms with E-state index in [9.17, 15) is 13.6 Å². The minimum Gasteiger partial charge on any atom is -0.461 e. The van der Waals surface area contributed by atoms with Gasteiger partial charge in [0.2, 0.25) is 0 Å². The van der Waals surface area contributed by atoms with Gasteiger partial charge in [-0.15, -0.1) is 5.10 Å². The highest BCUT2D eigenvalue weighted by molar-refractivity contribution is 5.88. The molecule has 1 heterocycles. The molecule has 1 aromatic heterocycles. The number of rotatable bonds is 6. The average Bonchev–Trinajstić information content (AvgIpc) is 2.70. The van der Waals surface area contributed by atoms with E-state index in [1.54, 1.807) is 6.92 Å². The molecular weight excluding hydrogens is 236 g/mol. The molecule has 0 aliphatic rings. The zero-order chi connectivity index (χ0) is 12.8. The maximum absolute atomic E-state index is 12.8. The van der Waals surface area contributed by atoms with Crippen LogP contribution in [-0.2, 0) is 16.0 Å². The van der Waals surface area contributed by atoms with E-state index in [-0.39, 0.29) is 19.8 Å². The summed E-state index contributed by atoms with van der Waals surface area (Å²) in [5, 5.41) is 6.90. The predicted octanol–water partition coefficient (Wildman–Crippen LogP) is 1.04. The van der Waals surface area contributed by atoms with Crippen molar-refractivity contribution in [2.24, 2.45) is 0 Å². The van der Waals surface area contributed by atoms with Gasteiger partial charge in [0.15, 0.2) is 5.69 Å². The Balaban J connectivity index is 2.97.